The maximum Gasteiger partial charge on any atom is 0.342 e. The van der Waals surface area contributed by atoms with Gasteiger partial charge in [-0.2, -0.15) is 0 Å². The number of fused-ring (bicyclic) bond motifs is 2. The highest BCUT2D eigenvalue weighted by molar-refractivity contribution is 5.98. The number of esters is 1. The van der Waals surface area contributed by atoms with E-state index < -0.39 is 41.7 Å². The second-order valence-electron chi connectivity index (χ2n) is 8.24. The fraction of sp³-hybridized carbons (Fsp3) is 0.500. The molecule has 0 aromatic heterocycles. The van der Waals surface area contributed by atoms with Crippen molar-refractivity contribution in [1.29, 1.82) is 0 Å². The smallest absolute Gasteiger partial charge is 0.342 e. The Balaban J connectivity index is 2.06. The predicted molar refractivity (Wildman–Crippen MR) is 117 cm³/mol. The highest BCUT2D eigenvalue weighted by Crippen LogP contribution is 2.34. The van der Waals surface area contributed by atoms with Crippen molar-refractivity contribution in [3.05, 3.63) is 41.2 Å². The third-order valence-electron chi connectivity index (χ3n) is 5.16. The fourth-order valence-electron chi connectivity index (χ4n) is 3.67. The fourth-order valence-corrected chi connectivity index (χ4v) is 3.67. The minimum absolute atomic E-state index is 0.000535. The Morgan fingerprint density at radius 1 is 1.15 bits per heavy atom. The van der Waals surface area contributed by atoms with Crippen LogP contribution >= 0.6 is 0 Å². The second kappa shape index (κ2) is 10.5. The van der Waals surface area contributed by atoms with Crippen LogP contribution in [0.5, 0.6) is 11.5 Å². The molecule has 33 heavy (non-hydrogen) atoms. The van der Waals surface area contributed by atoms with Gasteiger partial charge in [-0.25, -0.2) is 9.18 Å². The number of benzene rings is 1. The summed E-state index contributed by atoms with van der Waals surface area (Å²) in [6.45, 7) is 4.85. The summed E-state index contributed by atoms with van der Waals surface area (Å²) in [6, 6.07) is 3.23. The number of hydrogen-bond acceptors (Lipinski definition) is 8. The molecule has 8 nitrogen and oxygen atoms in total. The van der Waals surface area contributed by atoms with Crippen LogP contribution < -0.4 is 9.47 Å². The molecule has 2 aliphatic heterocycles. The van der Waals surface area contributed by atoms with Crippen molar-refractivity contribution in [1.82, 2.24) is 0 Å². The molecular weight excluding hydrogens is 435 g/mol. The van der Waals surface area contributed by atoms with Gasteiger partial charge in [0, 0.05) is 19.6 Å². The van der Waals surface area contributed by atoms with Crippen LogP contribution in [-0.4, -0.2) is 56.9 Å². The van der Waals surface area contributed by atoms with Gasteiger partial charge in [0.15, 0.2) is 24.5 Å². The van der Waals surface area contributed by atoms with Gasteiger partial charge in [0.1, 0.15) is 23.2 Å². The van der Waals surface area contributed by atoms with Gasteiger partial charge in [-0.15, -0.1) is 0 Å². The number of carbonyl (C=O) groups is 2. The summed E-state index contributed by atoms with van der Waals surface area (Å²) >= 11 is 0. The first-order valence-electron chi connectivity index (χ1n) is 10.6. The van der Waals surface area contributed by atoms with Gasteiger partial charge in [-0.3, -0.25) is 4.79 Å². The van der Waals surface area contributed by atoms with Crippen LogP contribution in [0, 0.1) is 0 Å². The number of Topliss-reactive ketones (excluding diaryl/α,β-unsaturated/α-hetero) is 1. The summed E-state index contributed by atoms with van der Waals surface area (Å²) < 4.78 is 47.6. The van der Waals surface area contributed by atoms with Gasteiger partial charge in [0.05, 0.1) is 13.2 Å². The Bertz CT molecular complexity index is 952. The Labute approximate surface area is 192 Å². The summed E-state index contributed by atoms with van der Waals surface area (Å²) in [5.41, 5.74) is 0.659. The molecule has 9 heteroatoms. The average molecular weight is 464 g/mol. The van der Waals surface area contributed by atoms with Crippen molar-refractivity contribution >= 4 is 17.8 Å². The first kappa shape index (κ1) is 24.9. The Hall–Kier alpha value is -2.75. The zero-order chi connectivity index (χ0) is 24.2. The summed E-state index contributed by atoms with van der Waals surface area (Å²) in [6.07, 6.45) is 2.24. The lowest BCUT2D eigenvalue weighted by Gasteiger charge is -2.18. The molecule has 0 radical (unpaired) electrons. The minimum Gasteiger partial charge on any atom is -0.497 e. The molecule has 0 saturated carbocycles. The van der Waals surface area contributed by atoms with Crippen molar-refractivity contribution in [2.75, 3.05) is 21.0 Å². The lowest BCUT2D eigenvalue weighted by molar-refractivity contribution is -0.153. The third-order valence-corrected chi connectivity index (χ3v) is 5.16. The van der Waals surface area contributed by atoms with Crippen LogP contribution in [0.25, 0.3) is 6.08 Å². The zero-order valence-corrected chi connectivity index (χ0v) is 19.4. The summed E-state index contributed by atoms with van der Waals surface area (Å²) in [7, 11) is 2.96. The summed E-state index contributed by atoms with van der Waals surface area (Å²) in [5, 5.41) is 0. The quantitative estimate of drug-likeness (QED) is 0.489. The average Bonchev–Trinajstić information content (AvgIpc) is 3.08. The molecule has 1 saturated heterocycles. The molecule has 0 spiro atoms. The molecule has 2 aliphatic rings. The Morgan fingerprint density at radius 3 is 2.61 bits per heavy atom. The Morgan fingerprint density at radius 2 is 1.91 bits per heavy atom. The largest absolute Gasteiger partial charge is 0.497 e. The van der Waals surface area contributed by atoms with Crippen LogP contribution in [0.1, 0.15) is 49.5 Å². The number of cyclic esters (lactones) is 1. The Kier molecular flexibility index (Phi) is 7.88. The highest BCUT2D eigenvalue weighted by Gasteiger charge is 2.45. The number of halogens is 1. The third kappa shape index (κ3) is 5.98. The monoisotopic (exact) mass is 464 g/mol. The molecule has 0 amide bonds. The van der Waals surface area contributed by atoms with Gasteiger partial charge in [-0.1, -0.05) is 12.2 Å². The van der Waals surface area contributed by atoms with E-state index in [1.807, 2.05) is 0 Å². The molecule has 2 heterocycles. The van der Waals surface area contributed by atoms with Crippen molar-refractivity contribution in [2.45, 2.75) is 57.7 Å². The van der Waals surface area contributed by atoms with Crippen LogP contribution in [0.2, 0.25) is 0 Å². The lowest BCUT2D eigenvalue weighted by Crippen LogP contribution is -2.32. The topological polar surface area (TPSA) is 89.5 Å². The van der Waals surface area contributed by atoms with Crippen LogP contribution in [0.3, 0.4) is 0 Å². The normalized spacial score (nSPS) is 26.4. The van der Waals surface area contributed by atoms with Gasteiger partial charge >= 0.3 is 5.97 Å². The van der Waals surface area contributed by atoms with Crippen molar-refractivity contribution in [3.8, 4) is 11.5 Å². The van der Waals surface area contributed by atoms with E-state index in [2.05, 4.69) is 0 Å². The lowest BCUT2D eigenvalue weighted by atomic mass is 10.0. The molecule has 3 atom stereocenters. The van der Waals surface area contributed by atoms with E-state index in [1.54, 1.807) is 45.1 Å². The van der Waals surface area contributed by atoms with E-state index in [4.69, 9.17) is 28.4 Å². The van der Waals surface area contributed by atoms with Gasteiger partial charge in [0.2, 0.25) is 5.78 Å². The van der Waals surface area contributed by atoms with Crippen molar-refractivity contribution in [3.63, 3.8) is 0 Å². The molecule has 1 fully saturated rings. The highest BCUT2D eigenvalue weighted by atomic mass is 19.1. The van der Waals surface area contributed by atoms with Gasteiger partial charge < -0.3 is 28.4 Å². The van der Waals surface area contributed by atoms with Crippen molar-refractivity contribution in [2.24, 2.45) is 0 Å². The maximum atomic E-state index is 14.6. The van der Waals surface area contributed by atoms with Crippen LogP contribution in [0.15, 0.2) is 30.1 Å². The molecule has 0 N–H and O–H groups in total. The van der Waals surface area contributed by atoms with Crippen LogP contribution in [-0.2, 0) is 23.7 Å². The first-order valence-corrected chi connectivity index (χ1v) is 10.6. The number of ketones is 1. The van der Waals surface area contributed by atoms with E-state index in [-0.39, 0.29) is 30.9 Å². The van der Waals surface area contributed by atoms with E-state index in [0.717, 1.165) is 6.08 Å². The summed E-state index contributed by atoms with van der Waals surface area (Å²) in [4.78, 5) is 25.7. The molecule has 0 bridgehead atoms. The predicted octanol–water partition coefficient (Wildman–Crippen LogP) is 3.97. The zero-order valence-electron chi connectivity index (χ0n) is 19.4. The van der Waals surface area contributed by atoms with E-state index in [9.17, 15) is 14.0 Å². The molecule has 0 aliphatic carbocycles. The minimum atomic E-state index is -1.09. The number of ether oxygens (including phenoxy) is 6. The van der Waals surface area contributed by atoms with E-state index >= 15 is 0 Å². The number of hydrogen-bond donors (Lipinski definition) is 0. The molecular formula is C24H29FO8. The standard InChI is InChI=1S/C24H29FO8/c1-14-9-10-17(25)21(26)22-18(32-24(2,3)33-22)8-6-7-15-11-16(29-5)12-19(30-13-28-4)20(15)23(27)31-14/h6-7,10-12,14,18,22H,8-9,13H2,1-5H3/b7-6+,17-10?/t14?,18-,22-/m0/s1. The molecule has 1 unspecified atom stereocenters. The number of rotatable bonds is 4. The van der Waals surface area contributed by atoms with Gasteiger partial charge in [0.25, 0.3) is 0 Å². The number of methoxy groups -OCH3 is 2. The first-order chi connectivity index (χ1) is 15.6. The number of carbonyl (C=O) groups excluding carboxylic acids is 2. The van der Waals surface area contributed by atoms with E-state index in [0.29, 0.717) is 11.3 Å². The molecule has 3 rings (SSSR count). The van der Waals surface area contributed by atoms with E-state index in [1.165, 1.54) is 14.2 Å². The maximum absolute atomic E-state index is 14.6. The second-order valence-corrected chi connectivity index (χ2v) is 8.24. The summed E-state index contributed by atoms with van der Waals surface area (Å²) in [5.74, 6) is -2.77. The van der Waals surface area contributed by atoms with Crippen LogP contribution in [0.4, 0.5) is 4.39 Å². The van der Waals surface area contributed by atoms with Crippen molar-refractivity contribution < 1.29 is 42.4 Å². The SMILES string of the molecule is COCOc1cc(OC)cc2c1C(=O)OC(C)CC=C(F)C(=O)[C@H]1OC(C)(C)O[C@H]1C/C=C/2. The molecule has 180 valence electrons. The van der Waals surface area contributed by atoms with Gasteiger partial charge in [-0.05, 0) is 44.9 Å². The molecule has 1 aromatic rings. The molecule has 1 aromatic carbocycles.